The molecule has 1 unspecified atom stereocenters. The number of rotatable bonds is 3. The van der Waals surface area contributed by atoms with Crippen LogP contribution in [0, 0.1) is 0 Å². The van der Waals surface area contributed by atoms with E-state index in [1.165, 1.54) is 0 Å². The Morgan fingerprint density at radius 3 is 2.67 bits per heavy atom. The van der Waals surface area contributed by atoms with Crippen molar-refractivity contribution in [1.29, 1.82) is 0 Å². The number of hydrogen-bond acceptors (Lipinski definition) is 3. The summed E-state index contributed by atoms with van der Waals surface area (Å²) < 4.78 is 0. The number of carbonyl (C=O) groups is 1. The van der Waals surface area contributed by atoms with Gasteiger partial charge in [-0.05, 0) is 0 Å². The Labute approximate surface area is 52.5 Å². The first-order valence-electron chi connectivity index (χ1n) is 2.51. The van der Waals surface area contributed by atoms with Crippen LogP contribution < -0.4 is 11.1 Å². The molecule has 0 saturated heterocycles. The van der Waals surface area contributed by atoms with Gasteiger partial charge in [0.15, 0.2) is 0 Å². The molecule has 5 N–H and O–H groups in total. The molecule has 0 aromatic heterocycles. The molecule has 0 spiro atoms. The maximum Gasteiger partial charge on any atom is 0.404 e. The molecular weight excluding hydrogens is 124 g/mol. The lowest BCUT2D eigenvalue weighted by Gasteiger charge is -2.05. The minimum Gasteiger partial charge on any atom is -0.465 e. The summed E-state index contributed by atoms with van der Waals surface area (Å²) >= 11 is 0. The zero-order chi connectivity index (χ0) is 7.28. The quantitative estimate of drug-likeness (QED) is 0.380. The van der Waals surface area contributed by atoms with E-state index in [0.29, 0.717) is 0 Å². The lowest BCUT2D eigenvalue weighted by Crippen LogP contribution is -2.35. The Hall–Kier alpha value is -0.810. The van der Waals surface area contributed by atoms with E-state index in [4.69, 9.17) is 15.9 Å². The van der Waals surface area contributed by atoms with Crippen LogP contribution in [0.25, 0.3) is 0 Å². The van der Waals surface area contributed by atoms with Gasteiger partial charge in [-0.1, -0.05) is 0 Å². The average Bonchev–Trinajstić information content (AvgIpc) is 1.83. The highest BCUT2D eigenvalue weighted by atomic mass is 16.4. The molecule has 0 bridgehead atoms. The van der Waals surface area contributed by atoms with Crippen LogP contribution >= 0.6 is 0 Å². The van der Waals surface area contributed by atoms with E-state index in [1.54, 1.807) is 0 Å². The van der Waals surface area contributed by atoms with Crippen LogP contribution in [0.15, 0.2) is 0 Å². The van der Waals surface area contributed by atoms with Crippen molar-refractivity contribution < 1.29 is 15.0 Å². The highest BCUT2D eigenvalue weighted by Gasteiger charge is 2.00. The van der Waals surface area contributed by atoms with E-state index in [2.05, 4.69) is 0 Å². The second-order valence-corrected chi connectivity index (χ2v) is 1.58. The standard InChI is InChI=1S/C4H10N2O3/c5-1-3(7)2-6-4(8)9/h3,6-7H,1-2,5H2,(H,8,9). The van der Waals surface area contributed by atoms with Gasteiger partial charge in [-0.15, -0.1) is 0 Å². The van der Waals surface area contributed by atoms with Crippen molar-refractivity contribution >= 4 is 6.09 Å². The van der Waals surface area contributed by atoms with Crippen molar-refractivity contribution in [3.05, 3.63) is 0 Å². The predicted octanol–water partition coefficient (Wildman–Crippen LogP) is -1.43. The molecule has 9 heavy (non-hydrogen) atoms. The molecule has 0 aromatic carbocycles. The monoisotopic (exact) mass is 134 g/mol. The number of hydrogen-bond donors (Lipinski definition) is 4. The van der Waals surface area contributed by atoms with Gasteiger partial charge in [-0.25, -0.2) is 4.79 Å². The maximum absolute atomic E-state index is 9.76. The average molecular weight is 134 g/mol. The van der Waals surface area contributed by atoms with Crippen molar-refractivity contribution in [2.75, 3.05) is 13.1 Å². The number of nitrogens with one attached hydrogen (secondary N) is 1. The van der Waals surface area contributed by atoms with Crippen LogP contribution in [0.2, 0.25) is 0 Å². The molecule has 0 aliphatic rings. The van der Waals surface area contributed by atoms with Gasteiger partial charge >= 0.3 is 6.09 Å². The number of carboxylic acid groups (broad SMARTS) is 1. The first kappa shape index (κ1) is 8.19. The second kappa shape index (κ2) is 4.11. The van der Waals surface area contributed by atoms with Gasteiger partial charge in [0, 0.05) is 13.1 Å². The van der Waals surface area contributed by atoms with E-state index < -0.39 is 12.2 Å². The Kier molecular flexibility index (Phi) is 3.74. The van der Waals surface area contributed by atoms with Crippen LogP contribution in [0.1, 0.15) is 0 Å². The Morgan fingerprint density at radius 1 is 1.78 bits per heavy atom. The van der Waals surface area contributed by atoms with Crippen LogP contribution in [0.4, 0.5) is 4.79 Å². The van der Waals surface area contributed by atoms with E-state index in [0.717, 1.165) is 0 Å². The van der Waals surface area contributed by atoms with E-state index in [1.807, 2.05) is 5.32 Å². The van der Waals surface area contributed by atoms with Crippen molar-refractivity contribution in [2.45, 2.75) is 6.10 Å². The molecule has 1 amide bonds. The van der Waals surface area contributed by atoms with Gasteiger partial charge in [0.25, 0.3) is 0 Å². The third-order valence-corrected chi connectivity index (χ3v) is 0.761. The van der Waals surface area contributed by atoms with Gasteiger partial charge in [-0.3, -0.25) is 0 Å². The fraction of sp³-hybridized carbons (Fsp3) is 0.750. The second-order valence-electron chi connectivity index (χ2n) is 1.58. The molecule has 5 nitrogen and oxygen atoms in total. The van der Waals surface area contributed by atoms with Crippen molar-refractivity contribution in [3.8, 4) is 0 Å². The molecule has 5 heteroatoms. The third kappa shape index (κ3) is 5.05. The number of aliphatic hydroxyl groups excluding tert-OH is 1. The number of amides is 1. The smallest absolute Gasteiger partial charge is 0.404 e. The molecule has 0 saturated carbocycles. The molecule has 1 atom stereocenters. The molecule has 0 radical (unpaired) electrons. The molecule has 0 fully saturated rings. The summed E-state index contributed by atoms with van der Waals surface area (Å²) in [5.41, 5.74) is 4.98. The Bertz CT molecular complexity index is 95.8. The molecule has 54 valence electrons. The summed E-state index contributed by atoms with van der Waals surface area (Å²) in [6.45, 7) is 0.0616. The Morgan fingerprint density at radius 2 is 2.33 bits per heavy atom. The number of nitrogens with two attached hydrogens (primary N) is 1. The highest BCUT2D eigenvalue weighted by molar-refractivity contribution is 5.64. The fourth-order valence-electron chi connectivity index (χ4n) is 0.288. The van der Waals surface area contributed by atoms with E-state index >= 15 is 0 Å². The minimum atomic E-state index is -1.15. The molecule has 0 aliphatic heterocycles. The van der Waals surface area contributed by atoms with E-state index in [9.17, 15) is 4.79 Å². The summed E-state index contributed by atoms with van der Waals surface area (Å²) in [5.74, 6) is 0. The number of aliphatic hydroxyl groups is 1. The topological polar surface area (TPSA) is 95.6 Å². The third-order valence-electron chi connectivity index (χ3n) is 0.761. The van der Waals surface area contributed by atoms with Crippen molar-refractivity contribution in [3.63, 3.8) is 0 Å². The molecule has 0 aliphatic carbocycles. The summed E-state index contributed by atoms with van der Waals surface area (Å²) in [6.07, 6.45) is -1.93. The molecule has 0 rings (SSSR count). The summed E-state index contributed by atoms with van der Waals surface area (Å²) in [5, 5.41) is 18.6. The normalized spacial score (nSPS) is 12.7. The zero-order valence-corrected chi connectivity index (χ0v) is 4.87. The van der Waals surface area contributed by atoms with E-state index in [-0.39, 0.29) is 13.1 Å². The van der Waals surface area contributed by atoms with Crippen molar-refractivity contribution in [2.24, 2.45) is 5.73 Å². The van der Waals surface area contributed by atoms with Crippen LogP contribution in [0.5, 0.6) is 0 Å². The molecular formula is C4H10N2O3. The Balaban J connectivity index is 3.16. The summed E-state index contributed by atoms with van der Waals surface area (Å²) in [4.78, 5) is 9.76. The van der Waals surface area contributed by atoms with Gasteiger partial charge < -0.3 is 21.3 Å². The minimum absolute atomic E-state index is 0.00810. The highest BCUT2D eigenvalue weighted by Crippen LogP contribution is 1.73. The molecule has 0 aromatic rings. The van der Waals surface area contributed by atoms with Gasteiger partial charge in [-0.2, -0.15) is 0 Å². The molecule has 0 heterocycles. The van der Waals surface area contributed by atoms with Gasteiger partial charge in [0.05, 0.1) is 6.10 Å². The van der Waals surface area contributed by atoms with Crippen molar-refractivity contribution in [1.82, 2.24) is 5.32 Å². The first-order valence-corrected chi connectivity index (χ1v) is 2.51. The fourth-order valence-corrected chi connectivity index (χ4v) is 0.288. The van der Waals surface area contributed by atoms with Gasteiger partial charge in [0.2, 0.25) is 0 Å². The van der Waals surface area contributed by atoms with Crippen LogP contribution in [-0.4, -0.2) is 35.5 Å². The lowest BCUT2D eigenvalue weighted by atomic mass is 10.4. The first-order chi connectivity index (χ1) is 4.16. The summed E-state index contributed by atoms with van der Waals surface area (Å²) in [6, 6.07) is 0. The van der Waals surface area contributed by atoms with Crippen LogP contribution in [-0.2, 0) is 0 Å². The SMILES string of the molecule is NCC(O)CNC(=O)O. The lowest BCUT2D eigenvalue weighted by molar-refractivity contribution is 0.162. The zero-order valence-electron chi connectivity index (χ0n) is 4.87. The predicted molar refractivity (Wildman–Crippen MR) is 31.1 cm³/mol. The summed E-state index contributed by atoms with van der Waals surface area (Å²) in [7, 11) is 0. The largest absolute Gasteiger partial charge is 0.465 e. The maximum atomic E-state index is 9.76. The van der Waals surface area contributed by atoms with Crippen LogP contribution in [0.3, 0.4) is 0 Å². The van der Waals surface area contributed by atoms with Gasteiger partial charge in [0.1, 0.15) is 0 Å².